The normalized spacial score (nSPS) is 33.5. The van der Waals surface area contributed by atoms with Crippen LogP contribution in [-0.2, 0) is 4.79 Å². The molecular weight excluding hydrogens is 176 g/mol. The van der Waals surface area contributed by atoms with Gasteiger partial charge < -0.3 is 10.6 Å². The molecule has 14 heavy (non-hydrogen) atoms. The molecule has 1 atom stereocenters. The molecule has 2 rings (SSSR count). The summed E-state index contributed by atoms with van der Waals surface area (Å²) in [6.07, 6.45) is 6.98. The third-order valence-corrected chi connectivity index (χ3v) is 3.56. The van der Waals surface area contributed by atoms with Crippen LogP contribution in [0.15, 0.2) is 0 Å². The molecule has 0 bridgehead atoms. The summed E-state index contributed by atoms with van der Waals surface area (Å²) < 4.78 is 0. The number of hydrogen-bond acceptors (Lipinski definition) is 2. The van der Waals surface area contributed by atoms with Crippen LogP contribution in [0, 0.1) is 0 Å². The van der Waals surface area contributed by atoms with Crippen LogP contribution in [0.1, 0.15) is 45.4 Å². The van der Waals surface area contributed by atoms with Gasteiger partial charge in [0.2, 0.25) is 5.91 Å². The Morgan fingerprint density at radius 3 is 2.64 bits per heavy atom. The van der Waals surface area contributed by atoms with Gasteiger partial charge in [-0.1, -0.05) is 12.8 Å². The molecule has 2 fully saturated rings. The highest BCUT2D eigenvalue weighted by molar-refractivity contribution is 5.86. The van der Waals surface area contributed by atoms with E-state index in [4.69, 9.17) is 0 Å². The van der Waals surface area contributed by atoms with Gasteiger partial charge in [0.05, 0.1) is 5.54 Å². The highest BCUT2D eigenvalue weighted by Crippen LogP contribution is 2.22. The molecule has 0 radical (unpaired) electrons. The van der Waals surface area contributed by atoms with Crippen molar-refractivity contribution in [1.82, 2.24) is 10.6 Å². The first kappa shape index (κ1) is 9.97. The zero-order valence-corrected chi connectivity index (χ0v) is 8.94. The Labute approximate surface area is 85.6 Å². The van der Waals surface area contributed by atoms with E-state index in [1.807, 2.05) is 6.92 Å². The molecule has 80 valence electrons. The summed E-state index contributed by atoms with van der Waals surface area (Å²) in [5, 5.41) is 6.45. The van der Waals surface area contributed by atoms with Gasteiger partial charge in [-0.2, -0.15) is 0 Å². The summed E-state index contributed by atoms with van der Waals surface area (Å²) in [5.74, 6) is 0.210. The highest BCUT2D eigenvalue weighted by Gasteiger charge is 2.36. The van der Waals surface area contributed by atoms with Gasteiger partial charge in [0.1, 0.15) is 0 Å². The first-order valence-corrected chi connectivity index (χ1v) is 5.77. The van der Waals surface area contributed by atoms with Crippen molar-refractivity contribution in [1.29, 1.82) is 0 Å². The predicted molar refractivity (Wildman–Crippen MR) is 56.0 cm³/mol. The Morgan fingerprint density at radius 1 is 1.36 bits per heavy atom. The zero-order chi connectivity index (χ0) is 10.0. The predicted octanol–water partition coefficient (Wildman–Crippen LogP) is 1.19. The number of rotatable bonds is 2. The van der Waals surface area contributed by atoms with Gasteiger partial charge in [0.25, 0.3) is 0 Å². The minimum absolute atomic E-state index is 0.210. The molecule has 3 heteroatoms. The van der Waals surface area contributed by atoms with Crippen LogP contribution >= 0.6 is 0 Å². The van der Waals surface area contributed by atoms with Gasteiger partial charge >= 0.3 is 0 Å². The molecule has 0 aromatic heterocycles. The minimum atomic E-state index is -0.289. The second-order valence-corrected chi connectivity index (χ2v) is 4.82. The van der Waals surface area contributed by atoms with Crippen LogP contribution in [0.5, 0.6) is 0 Å². The van der Waals surface area contributed by atoms with Crippen molar-refractivity contribution in [2.24, 2.45) is 0 Å². The summed E-state index contributed by atoms with van der Waals surface area (Å²) in [6.45, 7) is 3.00. The molecule has 1 saturated carbocycles. The molecule has 2 N–H and O–H groups in total. The second-order valence-electron chi connectivity index (χ2n) is 4.82. The Balaban J connectivity index is 1.87. The molecule has 0 aromatic carbocycles. The molecule has 0 unspecified atom stereocenters. The van der Waals surface area contributed by atoms with Crippen LogP contribution in [0.4, 0.5) is 0 Å². The average molecular weight is 196 g/mol. The lowest BCUT2D eigenvalue weighted by molar-refractivity contribution is -0.127. The van der Waals surface area contributed by atoms with Gasteiger partial charge in [-0.3, -0.25) is 4.79 Å². The monoisotopic (exact) mass is 196 g/mol. The first-order valence-electron chi connectivity index (χ1n) is 5.77. The van der Waals surface area contributed by atoms with E-state index in [2.05, 4.69) is 10.6 Å². The van der Waals surface area contributed by atoms with Crippen LogP contribution in [0.2, 0.25) is 0 Å². The molecule has 0 aromatic rings. The maximum absolute atomic E-state index is 11.9. The van der Waals surface area contributed by atoms with E-state index < -0.39 is 0 Å². The van der Waals surface area contributed by atoms with E-state index in [0.717, 1.165) is 19.4 Å². The van der Waals surface area contributed by atoms with E-state index in [0.29, 0.717) is 6.04 Å². The SMILES string of the molecule is C[C@]1(C(=O)NC2CCCC2)CCCN1. The second kappa shape index (κ2) is 3.89. The molecule has 0 spiro atoms. The topological polar surface area (TPSA) is 41.1 Å². The molecule has 1 saturated heterocycles. The van der Waals surface area contributed by atoms with Crippen molar-refractivity contribution in [2.45, 2.75) is 57.0 Å². The summed E-state index contributed by atoms with van der Waals surface area (Å²) in [7, 11) is 0. The van der Waals surface area contributed by atoms with E-state index in [-0.39, 0.29) is 11.4 Å². The molecular formula is C11H20N2O. The molecule has 1 amide bonds. The van der Waals surface area contributed by atoms with Crippen LogP contribution in [0.3, 0.4) is 0 Å². The minimum Gasteiger partial charge on any atom is -0.352 e. The van der Waals surface area contributed by atoms with Crippen molar-refractivity contribution in [3.63, 3.8) is 0 Å². The van der Waals surface area contributed by atoms with Gasteiger partial charge in [-0.25, -0.2) is 0 Å². The summed E-state index contributed by atoms with van der Waals surface area (Å²) in [6, 6.07) is 0.446. The number of carbonyl (C=O) groups is 1. The third kappa shape index (κ3) is 1.92. The Morgan fingerprint density at radius 2 is 2.07 bits per heavy atom. The lowest BCUT2D eigenvalue weighted by Crippen LogP contribution is -2.53. The summed E-state index contributed by atoms with van der Waals surface area (Å²) in [4.78, 5) is 11.9. The molecule has 1 heterocycles. The van der Waals surface area contributed by atoms with Gasteiger partial charge in [-0.15, -0.1) is 0 Å². The Hall–Kier alpha value is -0.570. The first-order chi connectivity index (χ1) is 6.71. The van der Waals surface area contributed by atoms with Crippen LogP contribution < -0.4 is 10.6 Å². The van der Waals surface area contributed by atoms with Crippen molar-refractivity contribution in [2.75, 3.05) is 6.54 Å². The quantitative estimate of drug-likeness (QED) is 0.696. The molecule has 1 aliphatic heterocycles. The van der Waals surface area contributed by atoms with E-state index >= 15 is 0 Å². The summed E-state index contributed by atoms with van der Waals surface area (Å²) in [5.41, 5.74) is -0.289. The highest BCUT2D eigenvalue weighted by atomic mass is 16.2. The van der Waals surface area contributed by atoms with Crippen molar-refractivity contribution in [3.05, 3.63) is 0 Å². The maximum atomic E-state index is 11.9. The zero-order valence-electron chi connectivity index (χ0n) is 8.94. The fourth-order valence-corrected chi connectivity index (χ4v) is 2.50. The lowest BCUT2D eigenvalue weighted by Gasteiger charge is -2.25. The number of amides is 1. The Bertz CT molecular complexity index is 215. The van der Waals surface area contributed by atoms with Gasteiger partial charge in [0, 0.05) is 6.04 Å². The molecule has 1 aliphatic carbocycles. The smallest absolute Gasteiger partial charge is 0.240 e. The van der Waals surface area contributed by atoms with Gasteiger partial charge in [0.15, 0.2) is 0 Å². The number of hydrogen-bond donors (Lipinski definition) is 2. The van der Waals surface area contributed by atoms with Crippen LogP contribution in [0.25, 0.3) is 0 Å². The third-order valence-electron chi connectivity index (χ3n) is 3.56. The van der Waals surface area contributed by atoms with Crippen LogP contribution in [-0.4, -0.2) is 24.0 Å². The molecule has 2 aliphatic rings. The van der Waals surface area contributed by atoms with E-state index in [1.54, 1.807) is 0 Å². The molecule has 3 nitrogen and oxygen atoms in total. The van der Waals surface area contributed by atoms with E-state index in [9.17, 15) is 4.79 Å². The van der Waals surface area contributed by atoms with Crippen molar-refractivity contribution >= 4 is 5.91 Å². The van der Waals surface area contributed by atoms with Gasteiger partial charge in [-0.05, 0) is 39.2 Å². The largest absolute Gasteiger partial charge is 0.352 e. The lowest BCUT2D eigenvalue weighted by atomic mass is 9.99. The fourth-order valence-electron chi connectivity index (χ4n) is 2.50. The number of nitrogens with one attached hydrogen (secondary N) is 2. The number of carbonyl (C=O) groups excluding carboxylic acids is 1. The van der Waals surface area contributed by atoms with Crippen molar-refractivity contribution < 1.29 is 4.79 Å². The fraction of sp³-hybridized carbons (Fsp3) is 0.909. The average Bonchev–Trinajstić information content (AvgIpc) is 2.76. The summed E-state index contributed by atoms with van der Waals surface area (Å²) >= 11 is 0. The standard InChI is InChI=1S/C11H20N2O/c1-11(7-4-8-12-11)10(14)13-9-5-2-3-6-9/h9,12H,2-8H2,1H3,(H,13,14)/t11-/m1/s1. The maximum Gasteiger partial charge on any atom is 0.240 e. The van der Waals surface area contributed by atoms with Crippen molar-refractivity contribution in [3.8, 4) is 0 Å². The van der Waals surface area contributed by atoms with E-state index in [1.165, 1.54) is 25.7 Å². The Kier molecular flexibility index (Phi) is 2.77.